The minimum Gasteiger partial charge on any atom is -0.0895 e. The Morgan fingerprint density at radius 1 is 0.667 bits per heavy atom. The first kappa shape index (κ1) is 9.05. The molecular formula is C14H12S. The number of rotatable bonds is 0. The molecule has 1 aliphatic heterocycles. The van der Waals surface area contributed by atoms with Crippen LogP contribution >= 0.6 is 11.8 Å². The maximum Gasteiger partial charge on any atom is 0.0154 e. The average Bonchev–Trinajstić information content (AvgIpc) is 2.48. The van der Waals surface area contributed by atoms with Crippen molar-refractivity contribution >= 4 is 11.8 Å². The highest BCUT2D eigenvalue weighted by Crippen LogP contribution is 2.36. The van der Waals surface area contributed by atoms with Gasteiger partial charge in [0.05, 0.1) is 0 Å². The Morgan fingerprint density at radius 2 is 1.13 bits per heavy atom. The van der Waals surface area contributed by atoms with E-state index < -0.39 is 0 Å². The molecule has 0 N–H and O–H groups in total. The average molecular weight is 212 g/mol. The maximum absolute atomic E-state index is 2.24. The quantitative estimate of drug-likeness (QED) is 0.637. The predicted octanol–water partition coefficient (Wildman–Crippen LogP) is 3.94. The molecule has 2 aromatic carbocycles. The van der Waals surface area contributed by atoms with Gasteiger partial charge >= 0.3 is 0 Å². The van der Waals surface area contributed by atoms with E-state index in [1.165, 1.54) is 33.8 Å². The first-order valence-corrected chi connectivity index (χ1v) is 6.09. The third-order valence-corrected chi connectivity index (χ3v) is 4.07. The van der Waals surface area contributed by atoms with Crippen LogP contribution in [0.5, 0.6) is 0 Å². The van der Waals surface area contributed by atoms with E-state index in [4.69, 9.17) is 0 Å². The zero-order chi connectivity index (χ0) is 10.1. The number of benzene rings is 2. The largest absolute Gasteiger partial charge is 0.0895 e. The number of fused-ring (bicyclic) bond motifs is 2. The Labute approximate surface area is 94.3 Å². The van der Waals surface area contributed by atoms with Gasteiger partial charge in [-0.15, -0.1) is 0 Å². The fraction of sp³-hybridized carbons (Fsp3) is 0.143. The minimum absolute atomic E-state index is 1.17. The number of hydrogen-bond acceptors (Lipinski definition) is 1. The van der Waals surface area contributed by atoms with Crippen LogP contribution < -0.4 is 0 Å². The highest BCUT2D eigenvalue weighted by atomic mass is 32.2. The Balaban J connectivity index is 2.10. The van der Waals surface area contributed by atoms with Crippen molar-refractivity contribution in [1.29, 1.82) is 0 Å². The van der Waals surface area contributed by atoms with Crippen LogP contribution in [0, 0.1) is 0 Å². The third kappa shape index (κ3) is 1.68. The summed E-state index contributed by atoms with van der Waals surface area (Å²) in [6.45, 7) is 0. The van der Waals surface area contributed by atoms with Gasteiger partial charge in [0.1, 0.15) is 0 Å². The van der Waals surface area contributed by atoms with Crippen LogP contribution in [0.1, 0.15) is 11.1 Å². The van der Waals surface area contributed by atoms with E-state index in [2.05, 4.69) is 48.5 Å². The van der Waals surface area contributed by atoms with Gasteiger partial charge in [0.2, 0.25) is 0 Å². The lowest BCUT2D eigenvalue weighted by molar-refractivity contribution is 0.928. The zero-order valence-electron chi connectivity index (χ0n) is 8.44. The summed E-state index contributed by atoms with van der Waals surface area (Å²) >= 11 is 1.90. The highest BCUT2D eigenvalue weighted by molar-refractivity contribution is 7.99. The van der Waals surface area contributed by atoms with Gasteiger partial charge < -0.3 is 0 Å². The SMILES string of the molecule is c1ccc2c(c1)CCc1ccccc1S2. The molecule has 0 amide bonds. The molecule has 0 radical (unpaired) electrons. The monoisotopic (exact) mass is 212 g/mol. The molecule has 1 heteroatoms. The zero-order valence-corrected chi connectivity index (χ0v) is 9.26. The smallest absolute Gasteiger partial charge is 0.0154 e. The first-order chi connectivity index (χ1) is 7.43. The molecule has 0 atom stereocenters. The molecule has 0 aromatic heterocycles. The fourth-order valence-corrected chi connectivity index (χ4v) is 3.14. The van der Waals surface area contributed by atoms with Crippen LogP contribution in [-0.4, -0.2) is 0 Å². The second kappa shape index (κ2) is 3.74. The first-order valence-electron chi connectivity index (χ1n) is 5.27. The Morgan fingerprint density at radius 3 is 1.67 bits per heavy atom. The molecule has 0 saturated carbocycles. The number of aryl methyl sites for hydroxylation is 2. The molecule has 0 fully saturated rings. The van der Waals surface area contributed by atoms with Gasteiger partial charge in [-0.25, -0.2) is 0 Å². The van der Waals surface area contributed by atoms with E-state index in [0.29, 0.717) is 0 Å². The van der Waals surface area contributed by atoms with Crippen LogP contribution in [-0.2, 0) is 12.8 Å². The van der Waals surface area contributed by atoms with Crippen molar-refractivity contribution < 1.29 is 0 Å². The summed E-state index contributed by atoms with van der Waals surface area (Å²) in [5, 5.41) is 0. The van der Waals surface area contributed by atoms with E-state index in [0.717, 1.165) is 0 Å². The molecule has 1 aliphatic rings. The van der Waals surface area contributed by atoms with Crippen LogP contribution in [0.15, 0.2) is 58.3 Å². The maximum atomic E-state index is 2.24. The highest BCUT2D eigenvalue weighted by Gasteiger charge is 2.12. The molecule has 0 nitrogen and oxygen atoms in total. The molecule has 1 heterocycles. The van der Waals surface area contributed by atoms with Gasteiger partial charge in [0, 0.05) is 9.79 Å². The summed E-state index contributed by atoms with van der Waals surface area (Å²) < 4.78 is 0. The van der Waals surface area contributed by atoms with E-state index >= 15 is 0 Å². The summed E-state index contributed by atoms with van der Waals surface area (Å²) in [6, 6.07) is 17.5. The molecule has 74 valence electrons. The summed E-state index contributed by atoms with van der Waals surface area (Å²) in [7, 11) is 0. The van der Waals surface area contributed by atoms with Crippen molar-refractivity contribution in [3.8, 4) is 0 Å². The predicted molar refractivity (Wildman–Crippen MR) is 64.4 cm³/mol. The summed E-state index contributed by atoms with van der Waals surface area (Å²) in [4.78, 5) is 2.84. The van der Waals surface area contributed by atoms with Gasteiger partial charge in [0.15, 0.2) is 0 Å². The lowest BCUT2D eigenvalue weighted by Crippen LogP contribution is -1.89. The van der Waals surface area contributed by atoms with E-state index in [1.807, 2.05) is 11.8 Å². The number of hydrogen-bond donors (Lipinski definition) is 0. The fourth-order valence-electron chi connectivity index (χ4n) is 2.01. The van der Waals surface area contributed by atoms with Crippen molar-refractivity contribution in [3.05, 3.63) is 59.7 Å². The van der Waals surface area contributed by atoms with E-state index in [9.17, 15) is 0 Å². The van der Waals surface area contributed by atoms with Crippen molar-refractivity contribution in [3.63, 3.8) is 0 Å². The van der Waals surface area contributed by atoms with Gasteiger partial charge in [-0.05, 0) is 36.1 Å². The summed E-state index contributed by atoms with van der Waals surface area (Å²) in [5.41, 5.74) is 2.97. The van der Waals surface area contributed by atoms with Crippen molar-refractivity contribution in [2.75, 3.05) is 0 Å². The molecule has 0 spiro atoms. The Hall–Kier alpha value is -1.21. The third-order valence-electron chi connectivity index (χ3n) is 2.83. The second-order valence-electron chi connectivity index (χ2n) is 3.82. The van der Waals surface area contributed by atoms with Gasteiger partial charge in [0.25, 0.3) is 0 Å². The molecule has 0 unspecified atom stereocenters. The molecule has 0 bridgehead atoms. The molecule has 3 rings (SSSR count). The second-order valence-corrected chi connectivity index (χ2v) is 4.90. The van der Waals surface area contributed by atoms with Crippen molar-refractivity contribution in [1.82, 2.24) is 0 Å². The molecule has 15 heavy (non-hydrogen) atoms. The Kier molecular flexibility index (Phi) is 2.26. The molecule has 2 aromatic rings. The van der Waals surface area contributed by atoms with E-state index in [1.54, 1.807) is 0 Å². The Bertz CT molecular complexity index is 443. The lowest BCUT2D eigenvalue weighted by Gasteiger charge is -2.04. The van der Waals surface area contributed by atoms with E-state index in [-0.39, 0.29) is 0 Å². The van der Waals surface area contributed by atoms with Crippen LogP contribution in [0.4, 0.5) is 0 Å². The van der Waals surface area contributed by atoms with Gasteiger partial charge in [-0.3, -0.25) is 0 Å². The van der Waals surface area contributed by atoms with Crippen LogP contribution in [0.3, 0.4) is 0 Å². The molecule has 0 aliphatic carbocycles. The molecular weight excluding hydrogens is 200 g/mol. The standard InChI is InChI=1S/C14H12S/c1-3-7-13-11(5-1)9-10-12-6-2-4-8-14(12)15-13/h1-8H,9-10H2. The summed E-state index contributed by atoms with van der Waals surface area (Å²) in [5.74, 6) is 0. The summed E-state index contributed by atoms with van der Waals surface area (Å²) in [6.07, 6.45) is 2.33. The van der Waals surface area contributed by atoms with Crippen LogP contribution in [0.25, 0.3) is 0 Å². The van der Waals surface area contributed by atoms with Gasteiger partial charge in [-0.1, -0.05) is 48.2 Å². The van der Waals surface area contributed by atoms with Crippen LogP contribution in [0.2, 0.25) is 0 Å². The van der Waals surface area contributed by atoms with Crippen molar-refractivity contribution in [2.24, 2.45) is 0 Å². The minimum atomic E-state index is 1.17. The molecule has 0 saturated heterocycles. The normalized spacial score (nSPS) is 13.9. The lowest BCUT2D eigenvalue weighted by atomic mass is 10.0. The topological polar surface area (TPSA) is 0 Å². The van der Waals surface area contributed by atoms with Crippen molar-refractivity contribution in [2.45, 2.75) is 22.6 Å². The van der Waals surface area contributed by atoms with Gasteiger partial charge in [-0.2, -0.15) is 0 Å².